The molecule has 1 aromatic rings. The van der Waals surface area contributed by atoms with Crippen LogP contribution in [0.1, 0.15) is 165 Å². The maximum atomic E-state index is 13.4. The molecule has 0 saturated heterocycles. The first-order chi connectivity index (χ1) is 24.1. The molecule has 0 spiro atoms. The van der Waals surface area contributed by atoms with Crippen molar-refractivity contribution in [3.8, 4) is 0 Å². The average Bonchev–Trinajstić information content (AvgIpc) is 3.04. The lowest BCUT2D eigenvalue weighted by atomic mass is 10.0. The van der Waals surface area contributed by atoms with Gasteiger partial charge in [0.05, 0.1) is 6.54 Å². The van der Waals surface area contributed by atoms with Gasteiger partial charge in [-0.1, -0.05) is 112 Å². The Morgan fingerprint density at radius 1 is 0.608 bits per heavy atom. The number of alkyl carbamates (subject to hydrolysis) is 1. The van der Waals surface area contributed by atoms with Crippen LogP contribution in [0.5, 0.6) is 0 Å². The predicted molar refractivity (Wildman–Crippen MR) is 208 cm³/mol. The smallest absolute Gasteiger partial charge is 0.407 e. The molecule has 296 valence electrons. The Kier molecular flexibility index (Phi) is 22.8. The third-order valence-electron chi connectivity index (χ3n) is 9.30. The van der Waals surface area contributed by atoms with Gasteiger partial charge in [-0.3, -0.25) is 4.79 Å². The minimum atomic E-state index is -0.491. The van der Waals surface area contributed by atoms with Crippen LogP contribution in [0.4, 0.5) is 4.79 Å². The van der Waals surface area contributed by atoms with Crippen molar-refractivity contribution in [3.05, 3.63) is 31.5 Å². The second-order valence-corrected chi connectivity index (χ2v) is 16.6. The van der Waals surface area contributed by atoms with Gasteiger partial charge in [0.2, 0.25) is 5.91 Å². The number of nitrogens with one attached hydrogen (secondary N) is 1. The zero-order chi connectivity index (χ0) is 38.4. The molecule has 11 heteroatoms. The van der Waals surface area contributed by atoms with E-state index in [0.717, 1.165) is 77.0 Å². The number of amides is 2. The lowest BCUT2D eigenvalue weighted by molar-refractivity contribution is -0.136. The van der Waals surface area contributed by atoms with Gasteiger partial charge in [-0.15, -0.1) is 0 Å². The Balaban J connectivity index is 2.74. The largest absolute Gasteiger partial charge is 0.448 e. The van der Waals surface area contributed by atoms with Crippen molar-refractivity contribution >= 4 is 12.0 Å². The maximum absolute atomic E-state index is 13.4. The summed E-state index contributed by atoms with van der Waals surface area (Å²) < 4.78 is 9.14. The van der Waals surface area contributed by atoms with Gasteiger partial charge in [0.15, 0.2) is 0 Å². The van der Waals surface area contributed by atoms with Crippen molar-refractivity contribution in [2.24, 2.45) is 17.8 Å². The van der Waals surface area contributed by atoms with Crippen molar-refractivity contribution in [3.63, 3.8) is 0 Å². The molecular formula is C40H75N5O6. The van der Waals surface area contributed by atoms with Gasteiger partial charge in [0.25, 0.3) is 0 Å². The molecule has 1 N–H and O–H groups in total. The molecule has 11 nitrogen and oxygen atoms in total. The normalized spacial score (nSPS) is 11.9. The summed E-state index contributed by atoms with van der Waals surface area (Å²) in [5.74, 6) is 1.70. The van der Waals surface area contributed by atoms with Gasteiger partial charge < -0.3 is 15.0 Å². The highest BCUT2D eigenvalue weighted by atomic mass is 16.5. The SMILES string of the molecule is CC(C)CCCCCCn1c(=O)n(CCCCCCCC(=O)N(CCOC(=O)NCC(C)C)C(C)(C)C)c(=O)n(CCCCCCC(C)C)c1=O. The highest BCUT2D eigenvalue weighted by Crippen LogP contribution is 2.17. The van der Waals surface area contributed by atoms with E-state index in [1.807, 2.05) is 34.6 Å². The van der Waals surface area contributed by atoms with Crippen LogP contribution in [-0.2, 0) is 29.2 Å². The molecule has 0 fully saturated rings. The van der Waals surface area contributed by atoms with Crippen molar-refractivity contribution < 1.29 is 14.3 Å². The van der Waals surface area contributed by atoms with Crippen LogP contribution >= 0.6 is 0 Å². The number of rotatable bonds is 27. The van der Waals surface area contributed by atoms with E-state index in [4.69, 9.17) is 4.74 Å². The average molecular weight is 722 g/mol. The summed E-state index contributed by atoms with van der Waals surface area (Å²) in [6, 6.07) is 0. The molecule has 0 aliphatic rings. The minimum absolute atomic E-state index is 0.0305. The van der Waals surface area contributed by atoms with E-state index in [1.165, 1.54) is 26.5 Å². The van der Waals surface area contributed by atoms with Gasteiger partial charge in [0.1, 0.15) is 6.61 Å². The third kappa shape index (κ3) is 19.5. The quantitative estimate of drug-likeness (QED) is 0.0928. The Labute approximate surface area is 308 Å². The fraction of sp³-hybridized carbons (Fsp3) is 0.875. The van der Waals surface area contributed by atoms with E-state index in [0.29, 0.717) is 56.8 Å². The molecule has 51 heavy (non-hydrogen) atoms. The Hall–Kier alpha value is -2.85. The zero-order valence-corrected chi connectivity index (χ0v) is 34.0. The Morgan fingerprint density at radius 3 is 1.39 bits per heavy atom. The molecule has 1 rings (SSSR count). The van der Waals surface area contributed by atoms with Crippen molar-refractivity contribution in [1.82, 2.24) is 23.9 Å². The molecule has 1 heterocycles. The van der Waals surface area contributed by atoms with Gasteiger partial charge in [-0.25, -0.2) is 32.9 Å². The molecule has 0 radical (unpaired) electrons. The van der Waals surface area contributed by atoms with E-state index < -0.39 is 28.7 Å². The number of unbranched alkanes of at least 4 members (excludes halogenated alkanes) is 10. The molecule has 0 atom stereocenters. The van der Waals surface area contributed by atoms with Crippen LogP contribution in [0.3, 0.4) is 0 Å². The number of carbonyl (C=O) groups excluding carboxylic acids is 2. The second-order valence-electron chi connectivity index (χ2n) is 16.6. The van der Waals surface area contributed by atoms with Crippen LogP contribution in [0.25, 0.3) is 0 Å². The van der Waals surface area contributed by atoms with Crippen LogP contribution in [-0.4, -0.2) is 55.8 Å². The maximum Gasteiger partial charge on any atom is 0.407 e. The lowest BCUT2D eigenvalue weighted by Gasteiger charge is -2.35. The standard InChI is InChI=1S/C40H75N5O6/c1-32(2)23-17-12-15-21-27-43-37(48)42(38(49)44(39(43)50)28-22-16-13-18-24-33(3)4)26-20-14-10-11-19-25-35(46)45(40(7,8)9)29-30-51-36(47)41-31-34(5)6/h32-34H,10-31H2,1-9H3,(H,41,47). The van der Waals surface area contributed by atoms with Crippen molar-refractivity contribution in [2.75, 3.05) is 19.7 Å². The van der Waals surface area contributed by atoms with E-state index in [1.54, 1.807) is 4.90 Å². The molecule has 0 bridgehead atoms. The monoisotopic (exact) mass is 722 g/mol. The van der Waals surface area contributed by atoms with E-state index >= 15 is 0 Å². The number of carbonyl (C=O) groups is 2. The van der Waals surface area contributed by atoms with Crippen LogP contribution in [0.15, 0.2) is 14.4 Å². The van der Waals surface area contributed by atoms with Crippen molar-refractivity contribution in [2.45, 2.75) is 190 Å². The number of hydrogen-bond donors (Lipinski definition) is 1. The summed E-state index contributed by atoms with van der Waals surface area (Å²) in [5, 5.41) is 2.72. The summed E-state index contributed by atoms with van der Waals surface area (Å²) in [7, 11) is 0. The summed E-state index contributed by atoms with van der Waals surface area (Å²) in [6.07, 6.45) is 14.0. The molecular weight excluding hydrogens is 646 g/mol. The fourth-order valence-corrected chi connectivity index (χ4v) is 6.22. The van der Waals surface area contributed by atoms with E-state index in [9.17, 15) is 24.0 Å². The highest BCUT2D eigenvalue weighted by Gasteiger charge is 2.26. The second kappa shape index (κ2) is 25.2. The van der Waals surface area contributed by atoms with Crippen LogP contribution in [0.2, 0.25) is 0 Å². The molecule has 0 aliphatic carbocycles. The number of nitrogens with zero attached hydrogens (tertiary/aromatic N) is 4. The summed E-state index contributed by atoms with van der Waals surface area (Å²) in [6.45, 7) is 20.8. The fourth-order valence-electron chi connectivity index (χ4n) is 6.22. The first kappa shape index (κ1) is 46.2. The molecule has 2 amide bonds. The number of aromatic nitrogens is 3. The van der Waals surface area contributed by atoms with Crippen LogP contribution < -0.4 is 22.4 Å². The zero-order valence-electron chi connectivity index (χ0n) is 34.0. The number of hydrogen-bond acceptors (Lipinski definition) is 6. The summed E-state index contributed by atoms with van der Waals surface area (Å²) >= 11 is 0. The first-order valence-electron chi connectivity index (χ1n) is 20.2. The van der Waals surface area contributed by atoms with Crippen LogP contribution in [0, 0.1) is 17.8 Å². The first-order valence-corrected chi connectivity index (χ1v) is 20.2. The van der Waals surface area contributed by atoms with Gasteiger partial charge >= 0.3 is 23.2 Å². The van der Waals surface area contributed by atoms with Gasteiger partial charge in [-0.2, -0.15) is 0 Å². The molecule has 0 unspecified atom stereocenters. The van der Waals surface area contributed by atoms with E-state index in [-0.39, 0.29) is 19.1 Å². The minimum Gasteiger partial charge on any atom is -0.448 e. The third-order valence-corrected chi connectivity index (χ3v) is 9.30. The van der Waals surface area contributed by atoms with Gasteiger partial charge in [-0.05, 0) is 64.2 Å². The Morgan fingerprint density at radius 2 is 1.00 bits per heavy atom. The summed E-state index contributed by atoms with van der Waals surface area (Å²) in [5.41, 5.74) is -1.85. The topological polar surface area (TPSA) is 125 Å². The number of ether oxygens (including phenoxy) is 1. The molecule has 0 saturated carbocycles. The van der Waals surface area contributed by atoms with E-state index in [2.05, 4.69) is 33.0 Å². The van der Waals surface area contributed by atoms with Gasteiger partial charge in [0, 0.05) is 38.1 Å². The summed E-state index contributed by atoms with van der Waals surface area (Å²) in [4.78, 5) is 67.1. The predicted octanol–water partition coefficient (Wildman–Crippen LogP) is 7.73. The lowest BCUT2D eigenvalue weighted by Crippen LogP contribution is -2.54. The molecule has 0 aromatic carbocycles. The van der Waals surface area contributed by atoms with Crippen molar-refractivity contribution in [1.29, 1.82) is 0 Å². The Bertz CT molecular complexity index is 1250. The highest BCUT2D eigenvalue weighted by molar-refractivity contribution is 5.77. The molecule has 0 aliphatic heterocycles. The molecule has 1 aromatic heterocycles.